The fourth-order valence-corrected chi connectivity index (χ4v) is 4.08. The summed E-state index contributed by atoms with van der Waals surface area (Å²) in [6.45, 7) is 2.14. The molecule has 1 aromatic rings. The highest BCUT2D eigenvalue weighted by Crippen LogP contribution is 2.40. The highest BCUT2D eigenvalue weighted by Gasteiger charge is 2.48. The van der Waals surface area contributed by atoms with E-state index in [4.69, 9.17) is 21.1 Å². The number of fused-ring (bicyclic) bond motifs is 2. The van der Waals surface area contributed by atoms with Gasteiger partial charge in [-0.2, -0.15) is 0 Å². The van der Waals surface area contributed by atoms with E-state index in [2.05, 4.69) is 14.9 Å². The molecular weight excluding hydrogens is 320 g/mol. The average molecular weight is 339 g/mol. The number of hydrogen-bond acceptors (Lipinski definition) is 6. The second-order valence-corrected chi connectivity index (χ2v) is 6.57. The molecule has 1 amide bonds. The van der Waals surface area contributed by atoms with Crippen LogP contribution in [0.1, 0.15) is 19.3 Å². The van der Waals surface area contributed by atoms with Gasteiger partial charge >= 0.3 is 0 Å². The Morgan fingerprint density at radius 1 is 1.39 bits per heavy atom. The summed E-state index contributed by atoms with van der Waals surface area (Å²) in [5.74, 6) is 1.35. The smallest absolute Gasteiger partial charge is 0.252 e. The molecule has 0 aromatic carbocycles. The SMILES string of the molecule is COc1c(Cl)ncnc1N1C[C@@H]2C[C@H]1CN2C(=O)[C@@H]1CCCO1. The maximum Gasteiger partial charge on any atom is 0.252 e. The number of anilines is 1. The molecule has 7 nitrogen and oxygen atoms in total. The van der Waals surface area contributed by atoms with Crippen molar-refractivity contribution in [3.63, 3.8) is 0 Å². The summed E-state index contributed by atoms with van der Waals surface area (Å²) in [5, 5.41) is 0.313. The molecule has 3 atom stereocenters. The van der Waals surface area contributed by atoms with Gasteiger partial charge in [-0.25, -0.2) is 9.97 Å². The third-order valence-corrected chi connectivity index (χ3v) is 5.22. The number of piperazine rings is 1. The highest BCUT2D eigenvalue weighted by atomic mass is 35.5. The largest absolute Gasteiger partial charge is 0.490 e. The van der Waals surface area contributed by atoms with Crippen LogP contribution in [0, 0.1) is 0 Å². The number of carbonyl (C=O) groups is 1. The second-order valence-electron chi connectivity index (χ2n) is 6.21. The van der Waals surface area contributed by atoms with Crippen LogP contribution in [0.5, 0.6) is 5.75 Å². The van der Waals surface area contributed by atoms with Crippen LogP contribution in [0.25, 0.3) is 0 Å². The zero-order valence-electron chi connectivity index (χ0n) is 12.9. The Bertz CT molecular complexity index is 623. The fraction of sp³-hybridized carbons (Fsp3) is 0.667. The first-order valence-corrected chi connectivity index (χ1v) is 8.30. The zero-order valence-corrected chi connectivity index (χ0v) is 13.7. The number of ether oxygens (including phenoxy) is 2. The van der Waals surface area contributed by atoms with Gasteiger partial charge in [0.15, 0.2) is 16.7 Å². The molecule has 3 aliphatic heterocycles. The molecule has 4 rings (SSSR count). The van der Waals surface area contributed by atoms with Crippen molar-refractivity contribution < 1.29 is 14.3 Å². The quantitative estimate of drug-likeness (QED) is 0.769. The molecule has 23 heavy (non-hydrogen) atoms. The Kier molecular flexibility index (Phi) is 3.77. The van der Waals surface area contributed by atoms with Crippen LogP contribution in [-0.4, -0.2) is 65.8 Å². The molecule has 0 N–H and O–H groups in total. The average Bonchev–Trinajstić information content (AvgIpc) is 3.29. The maximum absolute atomic E-state index is 12.6. The molecule has 3 saturated heterocycles. The van der Waals surface area contributed by atoms with Crippen molar-refractivity contribution >= 4 is 23.3 Å². The van der Waals surface area contributed by atoms with Crippen LogP contribution in [-0.2, 0) is 9.53 Å². The van der Waals surface area contributed by atoms with E-state index in [0.717, 1.165) is 25.8 Å². The first-order valence-electron chi connectivity index (χ1n) is 7.92. The minimum Gasteiger partial charge on any atom is -0.490 e. The molecule has 3 aliphatic rings. The number of nitrogens with zero attached hydrogens (tertiary/aromatic N) is 4. The van der Waals surface area contributed by atoms with Gasteiger partial charge < -0.3 is 19.3 Å². The standard InChI is InChI=1S/C15H19ClN4O3/c1-22-12-13(16)17-8-18-14(12)19-6-10-5-9(19)7-20(10)15(21)11-3-2-4-23-11/h8-11H,2-7H2,1H3/t9-,10-,11-/m0/s1. The summed E-state index contributed by atoms with van der Waals surface area (Å²) in [5.41, 5.74) is 0. The molecular formula is C15H19ClN4O3. The summed E-state index contributed by atoms with van der Waals surface area (Å²) in [4.78, 5) is 25.0. The van der Waals surface area contributed by atoms with Crippen molar-refractivity contribution in [3.05, 3.63) is 11.5 Å². The summed E-state index contributed by atoms with van der Waals surface area (Å²) < 4.78 is 10.9. The Labute approximate surface area is 139 Å². The van der Waals surface area contributed by atoms with E-state index < -0.39 is 0 Å². The van der Waals surface area contributed by atoms with Crippen molar-refractivity contribution in [1.29, 1.82) is 0 Å². The number of halogens is 1. The van der Waals surface area contributed by atoms with E-state index in [-0.39, 0.29) is 24.1 Å². The lowest BCUT2D eigenvalue weighted by molar-refractivity contribution is -0.142. The summed E-state index contributed by atoms with van der Waals surface area (Å²) in [6, 6.07) is 0.445. The number of likely N-dealkylation sites (tertiary alicyclic amines) is 1. The van der Waals surface area contributed by atoms with Crippen LogP contribution >= 0.6 is 11.6 Å². The molecule has 0 radical (unpaired) electrons. The highest BCUT2D eigenvalue weighted by molar-refractivity contribution is 6.31. The molecule has 0 spiro atoms. The van der Waals surface area contributed by atoms with E-state index in [0.29, 0.717) is 29.9 Å². The predicted molar refractivity (Wildman–Crippen MR) is 83.8 cm³/mol. The number of rotatable bonds is 3. The number of aromatic nitrogens is 2. The van der Waals surface area contributed by atoms with Crippen molar-refractivity contribution in [2.75, 3.05) is 31.7 Å². The van der Waals surface area contributed by atoms with E-state index >= 15 is 0 Å². The lowest BCUT2D eigenvalue weighted by Crippen LogP contribution is -2.51. The van der Waals surface area contributed by atoms with Crippen LogP contribution < -0.4 is 9.64 Å². The van der Waals surface area contributed by atoms with Gasteiger partial charge in [-0.3, -0.25) is 4.79 Å². The monoisotopic (exact) mass is 338 g/mol. The Hall–Kier alpha value is -1.60. The van der Waals surface area contributed by atoms with Crippen molar-refractivity contribution in [3.8, 4) is 5.75 Å². The molecule has 124 valence electrons. The van der Waals surface area contributed by atoms with Crippen LogP contribution in [0.15, 0.2) is 6.33 Å². The molecule has 2 bridgehead atoms. The van der Waals surface area contributed by atoms with Crippen molar-refractivity contribution in [2.45, 2.75) is 37.5 Å². The van der Waals surface area contributed by atoms with E-state index in [1.54, 1.807) is 7.11 Å². The third kappa shape index (κ3) is 2.42. The van der Waals surface area contributed by atoms with Gasteiger partial charge in [0.05, 0.1) is 19.2 Å². The molecule has 0 unspecified atom stereocenters. The normalized spacial score (nSPS) is 29.4. The van der Waals surface area contributed by atoms with Crippen LogP contribution in [0.2, 0.25) is 5.15 Å². The van der Waals surface area contributed by atoms with Gasteiger partial charge in [-0.1, -0.05) is 11.6 Å². The minimum atomic E-state index is -0.245. The van der Waals surface area contributed by atoms with Gasteiger partial charge in [0, 0.05) is 19.7 Å². The molecule has 0 saturated carbocycles. The van der Waals surface area contributed by atoms with Crippen LogP contribution in [0.3, 0.4) is 0 Å². The first kappa shape index (κ1) is 15.0. The molecule has 0 aliphatic carbocycles. The van der Waals surface area contributed by atoms with Gasteiger partial charge in [0.25, 0.3) is 5.91 Å². The number of hydrogen-bond donors (Lipinski definition) is 0. The summed E-state index contributed by atoms with van der Waals surface area (Å²) in [6.07, 6.45) is 3.96. The lowest BCUT2D eigenvalue weighted by atomic mass is 10.2. The fourth-order valence-electron chi connectivity index (χ4n) is 3.88. The molecule has 4 heterocycles. The zero-order chi connectivity index (χ0) is 16.0. The Balaban J connectivity index is 1.51. The summed E-state index contributed by atoms with van der Waals surface area (Å²) in [7, 11) is 1.57. The topological polar surface area (TPSA) is 67.8 Å². The summed E-state index contributed by atoms with van der Waals surface area (Å²) >= 11 is 6.09. The number of methoxy groups -OCH3 is 1. The van der Waals surface area contributed by atoms with Crippen molar-refractivity contribution in [1.82, 2.24) is 14.9 Å². The Morgan fingerprint density at radius 2 is 2.26 bits per heavy atom. The molecule has 8 heteroatoms. The van der Waals surface area contributed by atoms with Gasteiger partial charge in [-0.05, 0) is 19.3 Å². The van der Waals surface area contributed by atoms with Gasteiger partial charge in [0.1, 0.15) is 12.4 Å². The first-order chi connectivity index (χ1) is 11.2. The molecule has 3 fully saturated rings. The number of carbonyl (C=O) groups excluding carboxylic acids is 1. The van der Waals surface area contributed by atoms with Gasteiger partial charge in [0.2, 0.25) is 0 Å². The van der Waals surface area contributed by atoms with E-state index in [9.17, 15) is 4.79 Å². The molecule has 1 aromatic heterocycles. The third-order valence-electron chi connectivity index (χ3n) is 4.95. The predicted octanol–water partition coefficient (Wildman–Crippen LogP) is 1.11. The van der Waals surface area contributed by atoms with E-state index in [1.165, 1.54) is 6.33 Å². The number of amides is 1. The van der Waals surface area contributed by atoms with Gasteiger partial charge in [-0.15, -0.1) is 0 Å². The van der Waals surface area contributed by atoms with Crippen LogP contribution in [0.4, 0.5) is 5.82 Å². The lowest BCUT2D eigenvalue weighted by Gasteiger charge is -2.36. The van der Waals surface area contributed by atoms with E-state index in [1.807, 2.05) is 4.90 Å². The van der Waals surface area contributed by atoms with Crippen molar-refractivity contribution in [2.24, 2.45) is 0 Å². The Morgan fingerprint density at radius 3 is 2.91 bits per heavy atom. The minimum absolute atomic E-state index is 0.141. The maximum atomic E-state index is 12.6. The second kappa shape index (κ2) is 5.79.